The zero-order valence-corrected chi connectivity index (χ0v) is 13.5. The monoisotopic (exact) mass is 286 g/mol. The third kappa shape index (κ3) is 6.96. The summed E-state index contributed by atoms with van der Waals surface area (Å²) in [6.45, 7) is 11.1. The summed E-state index contributed by atoms with van der Waals surface area (Å²) in [5.74, 6) is 5.54. The maximum atomic E-state index is 11.6. The van der Waals surface area contributed by atoms with Crippen molar-refractivity contribution in [1.82, 2.24) is 0 Å². The lowest BCUT2D eigenvalue weighted by Gasteiger charge is -2.15. The Morgan fingerprint density at radius 3 is 2.45 bits per heavy atom. The van der Waals surface area contributed by atoms with E-state index in [1.807, 2.05) is 18.2 Å². The first-order chi connectivity index (χ1) is 9.38. The Morgan fingerprint density at radius 1 is 1.20 bits per heavy atom. The number of hydrogen-bond donors (Lipinski definition) is 0. The average molecular weight is 286 g/mol. The number of hydrogen-bond acceptors (Lipinski definition) is 2. The highest BCUT2D eigenvalue weighted by Crippen LogP contribution is 2.16. The Balaban J connectivity index is 2.30. The number of rotatable bonds is 5. The minimum Gasteiger partial charge on any atom is -0.449 e. The van der Waals surface area contributed by atoms with Crippen LogP contribution in [0.4, 0.5) is 0 Å². The van der Waals surface area contributed by atoms with E-state index in [9.17, 15) is 4.79 Å². The van der Waals surface area contributed by atoms with Crippen molar-refractivity contribution in [3.05, 3.63) is 48.0 Å². The SMILES string of the molecule is C=C(CC#CCOC(=O)c1ccccc1)C[Si](C)(C)C. The molecule has 0 saturated heterocycles. The molecule has 0 atom stereocenters. The van der Waals surface area contributed by atoms with Gasteiger partial charge in [-0.3, -0.25) is 0 Å². The minimum absolute atomic E-state index is 0.133. The molecular weight excluding hydrogens is 264 g/mol. The molecule has 1 aromatic rings. The second-order valence-electron chi connectivity index (χ2n) is 5.96. The topological polar surface area (TPSA) is 26.3 Å². The van der Waals surface area contributed by atoms with Crippen molar-refractivity contribution < 1.29 is 9.53 Å². The molecule has 0 unspecified atom stereocenters. The Kier molecular flexibility index (Phi) is 6.27. The van der Waals surface area contributed by atoms with E-state index in [1.54, 1.807) is 12.1 Å². The van der Waals surface area contributed by atoms with E-state index in [2.05, 4.69) is 38.1 Å². The number of carbonyl (C=O) groups is 1. The second kappa shape index (κ2) is 7.71. The van der Waals surface area contributed by atoms with Crippen molar-refractivity contribution in [3.63, 3.8) is 0 Å². The lowest BCUT2D eigenvalue weighted by Crippen LogP contribution is -2.19. The van der Waals surface area contributed by atoms with Gasteiger partial charge in [0.2, 0.25) is 0 Å². The van der Waals surface area contributed by atoms with Crippen LogP contribution in [-0.2, 0) is 4.74 Å². The van der Waals surface area contributed by atoms with E-state index >= 15 is 0 Å². The third-order valence-electron chi connectivity index (χ3n) is 2.53. The van der Waals surface area contributed by atoms with E-state index in [1.165, 1.54) is 5.57 Å². The molecule has 0 aliphatic carbocycles. The van der Waals surface area contributed by atoms with Crippen LogP contribution in [0.1, 0.15) is 16.8 Å². The molecule has 0 heterocycles. The predicted molar refractivity (Wildman–Crippen MR) is 86.4 cm³/mol. The normalized spacial score (nSPS) is 10.3. The number of benzene rings is 1. The van der Waals surface area contributed by atoms with Crippen molar-refractivity contribution >= 4 is 14.0 Å². The summed E-state index contributed by atoms with van der Waals surface area (Å²) in [5, 5.41) is 0. The highest BCUT2D eigenvalue weighted by atomic mass is 28.3. The van der Waals surface area contributed by atoms with Crippen LogP contribution in [0.3, 0.4) is 0 Å². The maximum absolute atomic E-state index is 11.6. The molecular formula is C17H22O2Si. The summed E-state index contributed by atoms with van der Waals surface area (Å²) in [7, 11) is -1.10. The second-order valence-corrected chi connectivity index (χ2v) is 11.4. The van der Waals surface area contributed by atoms with Crippen LogP contribution in [0.2, 0.25) is 25.7 Å². The summed E-state index contributed by atoms with van der Waals surface area (Å²) < 4.78 is 5.08. The minimum atomic E-state index is -1.10. The van der Waals surface area contributed by atoms with Gasteiger partial charge < -0.3 is 4.74 Å². The summed E-state index contributed by atoms with van der Waals surface area (Å²) >= 11 is 0. The van der Waals surface area contributed by atoms with Gasteiger partial charge in [0.25, 0.3) is 0 Å². The van der Waals surface area contributed by atoms with Gasteiger partial charge in [-0.25, -0.2) is 4.79 Å². The van der Waals surface area contributed by atoms with Crippen LogP contribution in [0.15, 0.2) is 42.5 Å². The average Bonchev–Trinajstić information content (AvgIpc) is 2.37. The van der Waals surface area contributed by atoms with Gasteiger partial charge in [0, 0.05) is 14.5 Å². The van der Waals surface area contributed by atoms with Crippen LogP contribution in [0.5, 0.6) is 0 Å². The molecule has 0 fully saturated rings. The number of allylic oxidation sites excluding steroid dienone is 1. The van der Waals surface area contributed by atoms with E-state index in [-0.39, 0.29) is 12.6 Å². The first kappa shape index (κ1) is 16.3. The summed E-state index contributed by atoms with van der Waals surface area (Å²) in [6, 6.07) is 10.0. The Morgan fingerprint density at radius 2 is 1.85 bits per heavy atom. The molecule has 20 heavy (non-hydrogen) atoms. The van der Waals surface area contributed by atoms with Crippen LogP contribution in [0.25, 0.3) is 0 Å². The fourth-order valence-corrected chi connectivity index (χ4v) is 3.44. The van der Waals surface area contributed by atoms with Crippen molar-refractivity contribution in [2.75, 3.05) is 6.61 Å². The van der Waals surface area contributed by atoms with Crippen molar-refractivity contribution in [2.45, 2.75) is 32.1 Å². The van der Waals surface area contributed by atoms with Gasteiger partial charge in [-0.2, -0.15) is 0 Å². The molecule has 0 spiro atoms. The molecule has 0 aromatic heterocycles. The highest BCUT2D eigenvalue weighted by Gasteiger charge is 2.13. The highest BCUT2D eigenvalue weighted by molar-refractivity contribution is 6.76. The first-order valence-electron chi connectivity index (χ1n) is 6.73. The molecule has 1 rings (SSSR count). The quantitative estimate of drug-likeness (QED) is 0.352. The summed E-state index contributed by atoms with van der Waals surface area (Å²) in [4.78, 5) is 11.6. The molecule has 106 valence electrons. The van der Waals surface area contributed by atoms with Gasteiger partial charge >= 0.3 is 5.97 Å². The molecule has 1 aromatic carbocycles. The lowest BCUT2D eigenvalue weighted by molar-refractivity contribution is 0.0556. The standard InChI is InChI=1S/C17H22O2Si/c1-15(14-20(2,3)4)10-8-9-13-19-17(18)16-11-6-5-7-12-16/h5-7,11-12H,1,10,13-14H2,2-4H3. The molecule has 0 saturated carbocycles. The predicted octanol–water partition coefficient (Wildman–Crippen LogP) is 4.13. The fourth-order valence-electron chi connectivity index (χ4n) is 1.81. The molecule has 0 bridgehead atoms. The van der Waals surface area contributed by atoms with Crippen molar-refractivity contribution in [3.8, 4) is 11.8 Å². The lowest BCUT2D eigenvalue weighted by atomic mass is 10.2. The van der Waals surface area contributed by atoms with E-state index in [0.29, 0.717) is 12.0 Å². The molecule has 0 aliphatic rings. The van der Waals surface area contributed by atoms with Crippen LogP contribution in [-0.4, -0.2) is 20.7 Å². The van der Waals surface area contributed by atoms with Crippen LogP contribution < -0.4 is 0 Å². The Labute approximate surface area is 122 Å². The van der Waals surface area contributed by atoms with Gasteiger partial charge in [0.15, 0.2) is 6.61 Å². The van der Waals surface area contributed by atoms with E-state index in [4.69, 9.17) is 4.74 Å². The van der Waals surface area contributed by atoms with Crippen LogP contribution >= 0.6 is 0 Å². The molecule has 2 nitrogen and oxygen atoms in total. The fraction of sp³-hybridized carbons (Fsp3) is 0.353. The Bertz CT molecular complexity index is 515. The molecule has 3 heteroatoms. The van der Waals surface area contributed by atoms with Gasteiger partial charge in [0.05, 0.1) is 5.56 Å². The number of carbonyl (C=O) groups excluding carboxylic acids is 1. The summed E-state index contributed by atoms with van der Waals surface area (Å²) in [5.41, 5.74) is 1.73. The first-order valence-corrected chi connectivity index (χ1v) is 10.4. The number of ether oxygens (including phenoxy) is 1. The van der Waals surface area contributed by atoms with Gasteiger partial charge in [-0.05, 0) is 18.2 Å². The van der Waals surface area contributed by atoms with Gasteiger partial charge in [-0.1, -0.05) is 61.8 Å². The summed E-state index contributed by atoms with van der Waals surface area (Å²) in [6.07, 6.45) is 0.688. The smallest absolute Gasteiger partial charge is 0.339 e. The van der Waals surface area contributed by atoms with E-state index in [0.717, 1.165) is 6.04 Å². The molecule has 0 radical (unpaired) electrons. The van der Waals surface area contributed by atoms with Crippen LogP contribution in [0, 0.1) is 11.8 Å². The Hall–Kier alpha value is -1.79. The van der Waals surface area contributed by atoms with E-state index < -0.39 is 8.07 Å². The van der Waals surface area contributed by atoms with Crippen molar-refractivity contribution in [1.29, 1.82) is 0 Å². The molecule has 0 N–H and O–H groups in total. The molecule has 0 aliphatic heterocycles. The van der Waals surface area contributed by atoms with Crippen molar-refractivity contribution in [2.24, 2.45) is 0 Å². The van der Waals surface area contributed by atoms with Gasteiger partial charge in [0.1, 0.15) is 0 Å². The maximum Gasteiger partial charge on any atom is 0.339 e. The largest absolute Gasteiger partial charge is 0.449 e. The zero-order valence-electron chi connectivity index (χ0n) is 12.5. The third-order valence-corrected chi connectivity index (χ3v) is 4.09. The van der Waals surface area contributed by atoms with Gasteiger partial charge in [-0.15, -0.1) is 0 Å². The number of esters is 1. The molecule has 0 amide bonds. The zero-order chi connectivity index (χ0) is 15.0.